The molecule has 4 rings (SSSR count). The van der Waals surface area contributed by atoms with Gasteiger partial charge >= 0.3 is 0 Å². The first-order valence-electron chi connectivity index (χ1n) is 8.48. The summed E-state index contributed by atoms with van der Waals surface area (Å²) in [6.07, 6.45) is 2.00. The lowest BCUT2D eigenvalue weighted by molar-refractivity contribution is 0.0815. The monoisotopic (exact) mass is 320 g/mol. The molecule has 24 heavy (non-hydrogen) atoms. The first-order chi connectivity index (χ1) is 11.3. The van der Waals surface area contributed by atoms with Gasteiger partial charge in [0.1, 0.15) is 5.69 Å². The van der Waals surface area contributed by atoms with Gasteiger partial charge < -0.3 is 9.64 Å². The molecular weight excluding hydrogens is 296 g/mol. The number of hydrogen-bond acceptors (Lipinski definition) is 3. The molecule has 2 aromatic rings. The van der Waals surface area contributed by atoms with E-state index in [0.717, 1.165) is 17.0 Å². The summed E-state index contributed by atoms with van der Waals surface area (Å²) in [7, 11) is 2.10. The number of aryl methyl sites for hydroxylation is 2. The average Bonchev–Trinajstić information content (AvgIpc) is 2.72. The predicted octanol–water partition coefficient (Wildman–Crippen LogP) is 4.83. The van der Waals surface area contributed by atoms with Crippen LogP contribution in [-0.4, -0.2) is 19.0 Å². The van der Waals surface area contributed by atoms with Crippen molar-refractivity contribution in [3.63, 3.8) is 0 Å². The van der Waals surface area contributed by atoms with Crippen molar-refractivity contribution in [3.8, 4) is 5.75 Å². The Morgan fingerprint density at radius 2 is 1.75 bits per heavy atom. The van der Waals surface area contributed by atoms with Gasteiger partial charge in [-0.2, -0.15) is 0 Å². The molecule has 124 valence electrons. The maximum atomic E-state index is 6.76. The lowest BCUT2D eigenvalue weighted by atomic mass is 9.77. The van der Waals surface area contributed by atoms with E-state index in [9.17, 15) is 0 Å². The highest BCUT2D eigenvalue weighted by Gasteiger charge is 2.58. The van der Waals surface area contributed by atoms with Crippen LogP contribution in [0.3, 0.4) is 0 Å². The summed E-state index contributed by atoms with van der Waals surface area (Å²) in [6.45, 7) is 10.8. The molecule has 3 heteroatoms. The van der Waals surface area contributed by atoms with E-state index in [1.165, 1.54) is 22.4 Å². The summed E-state index contributed by atoms with van der Waals surface area (Å²) in [5.74, 6) is 0.919. The van der Waals surface area contributed by atoms with Gasteiger partial charge in [-0.1, -0.05) is 24.3 Å². The maximum Gasteiger partial charge on any atom is 0.228 e. The smallest absolute Gasteiger partial charge is 0.228 e. The molecule has 1 unspecified atom stereocenters. The van der Waals surface area contributed by atoms with Gasteiger partial charge in [0.05, 0.1) is 11.6 Å². The number of aliphatic imine (C=N–C) groups is 1. The third-order valence-electron chi connectivity index (χ3n) is 5.91. The van der Waals surface area contributed by atoms with Crippen molar-refractivity contribution in [2.24, 2.45) is 4.99 Å². The van der Waals surface area contributed by atoms with E-state index < -0.39 is 5.72 Å². The van der Waals surface area contributed by atoms with Crippen molar-refractivity contribution in [3.05, 3.63) is 52.6 Å². The van der Waals surface area contributed by atoms with Crippen LogP contribution in [0.15, 0.2) is 35.3 Å². The summed E-state index contributed by atoms with van der Waals surface area (Å²) in [5.41, 5.74) is 6.24. The van der Waals surface area contributed by atoms with Crippen molar-refractivity contribution >= 4 is 17.6 Å². The van der Waals surface area contributed by atoms with Gasteiger partial charge in [0.15, 0.2) is 5.75 Å². The van der Waals surface area contributed by atoms with Gasteiger partial charge in [-0.05, 0) is 62.9 Å². The standard InChI is InChI=1S/C21H24N2O/c1-13-11-14(2)18-19(15(13)3)24-21(12-22-18)20(4,5)16-9-7-8-10-17(16)23(21)6/h7-12H,1-6H3. The van der Waals surface area contributed by atoms with Crippen LogP contribution >= 0.6 is 0 Å². The molecule has 2 aromatic carbocycles. The van der Waals surface area contributed by atoms with Gasteiger partial charge in [-0.3, -0.25) is 4.99 Å². The van der Waals surface area contributed by atoms with Crippen LogP contribution in [0.5, 0.6) is 5.75 Å². The summed E-state index contributed by atoms with van der Waals surface area (Å²) < 4.78 is 6.76. The SMILES string of the molecule is Cc1cc(C)c2c(c1C)OC1(C=N2)N(C)c2ccccc2C1(C)C. The highest BCUT2D eigenvalue weighted by atomic mass is 16.5. The van der Waals surface area contributed by atoms with E-state index in [-0.39, 0.29) is 5.41 Å². The molecule has 0 amide bonds. The second kappa shape index (κ2) is 4.62. The van der Waals surface area contributed by atoms with Crippen LogP contribution in [0.4, 0.5) is 11.4 Å². The topological polar surface area (TPSA) is 24.8 Å². The second-order valence-corrected chi connectivity index (χ2v) is 7.57. The van der Waals surface area contributed by atoms with Crippen LogP contribution in [0.2, 0.25) is 0 Å². The molecular formula is C21H24N2O. The minimum absolute atomic E-state index is 0.205. The highest BCUT2D eigenvalue weighted by molar-refractivity contribution is 5.89. The number of benzene rings is 2. The largest absolute Gasteiger partial charge is 0.459 e. The first kappa shape index (κ1) is 15.3. The van der Waals surface area contributed by atoms with Crippen molar-refractivity contribution < 1.29 is 4.74 Å². The molecule has 2 aliphatic heterocycles. The van der Waals surface area contributed by atoms with Crippen molar-refractivity contribution in [2.75, 3.05) is 11.9 Å². The number of nitrogens with zero attached hydrogens (tertiary/aromatic N) is 2. The number of fused-ring (bicyclic) bond motifs is 2. The van der Waals surface area contributed by atoms with Crippen LogP contribution in [0, 0.1) is 20.8 Å². The predicted molar refractivity (Wildman–Crippen MR) is 100 cm³/mol. The van der Waals surface area contributed by atoms with E-state index >= 15 is 0 Å². The number of likely N-dealkylation sites (N-methyl/N-ethyl adjacent to an activating group) is 1. The minimum atomic E-state index is -0.602. The van der Waals surface area contributed by atoms with Crippen molar-refractivity contribution in [2.45, 2.75) is 45.8 Å². The molecule has 0 radical (unpaired) electrons. The first-order valence-corrected chi connectivity index (χ1v) is 8.48. The van der Waals surface area contributed by atoms with E-state index in [2.05, 4.69) is 76.9 Å². The van der Waals surface area contributed by atoms with Gasteiger partial charge in [-0.15, -0.1) is 0 Å². The Kier molecular flexibility index (Phi) is 2.94. The molecule has 0 fully saturated rings. The van der Waals surface area contributed by atoms with Crippen LogP contribution in [-0.2, 0) is 5.41 Å². The van der Waals surface area contributed by atoms with Gasteiger partial charge in [-0.25, -0.2) is 0 Å². The molecule has 1 spiro atoms. The summed E-state index contributed by atoms with van der Waals surface area (Å²) in [4.78, 5) is 7.10. The average molecular weight is 320 g/mol. The third-order valence-corrected chi connectivity index (χ3v) is 5.91. The molecule has 0 N–H and O–H groups in total. The number of anilines is 1. The van der Waals surface area contributed by atoms with Crippen LogP contribution in [0.1, 0.15) is 36.1 Å². The van der Waals surface area contributed by atoms with E-state index in [1.54, 1.807) is 0 Å². The van der Waals surface area contributed by atoms with Crippen LogP contribution < -0.4 is 9.64 Å². The lowest BCUT2D eigenvalue weighted by Crippen LogP contribution is -2.61. The molecule has 2 heterocycles. The minimum Gasteiger partial charge on any atom is -0.459 e. The highest BCUT2D eigenvalue weighted by Crippen LogP contribution is 2.54. The Bertz CT molecular complexity index is 882. The molecule has 0 aliphatic carbocycles. The van der Waals surface area contributed by atoms with Crippen molar-refractivity contribution in [1.82, 2.24) is 0 Å². The molecule has 3 nitrogen and oxygen atoms in total. The maximum absolute atomic E-state index is 6.76. The second-order valence-electron chi connectivity index (χ2n) is 7.57. The zero-order valence-corrected chi connectivity index (χ0v) is 15.3. The van der Waals surface area contributed by atoms with E-state index in [1.807, 2.05) is 6.21 Å². The summed E-state index contributed by atoms with van der Waals surface area (Å²) >= 11 is 0. The third kappa shape index (κ3) is 1.65. The Hall–Kier alpha value is -2.29. The zero-order chi connectivity index (χ0) is 17.3. The van der Waals surface area contributed by atoms with Gasteiger partial charge in [0.25, 0.3) is 0 Å². The fraction of sp³-hybridized carbons (Fsp3) is 0.381. The van der Waals surface area contributed by atoms with Gasteiger partial charge in [0, 0.05) is 12.7 Å². The summed E-state index contributed by atoms with van der Waals surface area (Å²) in [5, 5.41) is 0. The van der Waals surface area contributed by atoms with Crippen LogP contribution in [0.25, 0.3) is 0 Å². The number of ether oxygens (including phenoxy) is 1. The Morgan fingerprint density at radius 3 is 2.46 bits per heavy atom. The fourth-order valence-corrected chi connectivity index (χ4v) is 4.19. The molecule has 0 bridgehead atoms. The number of rotatable bonds is 0. The Labute approximate surface area is 144 Å². The number of hydrogen-bond donors (Lipinski definition) is 0. The van der Waals surface area contributed by atoms with Gasteiger partial charge in [0.2, 0.25) is 5.72 Å². The lowest BCUT2D eigenvalue weighted by Gasteiger charge is -2.45. The molecule has 2 aliphatic rings. The molecule has 1 atom stereocenters. The Balaban J connectivity index is 1.95. The summed E-state index contributed by atoms with van der Waals surface area (Å²) in [6, 6.07) is 10.7. The van der Waals surface area contributed by atoms with Crippen molar-refractivity contribution in [1.29, 1.82) is 0 Å². The molecule has 0 saturated carbocycles. The molecule has 0 aromatic heterocycles. The molecule has 0 saturated heterocycles. The number of para-hydroxylation sites is 1. The zero-order valence-electron chi connectivity index (χ0n) is 15.3. The quantitative estimate of drug-likeness (QED) is 0.694. The Morgan fingerprint density at radius 1 is 1.04 bits per heavy atom. The normalized spacial score (nSPS) is 23.2. The van der Waals surface area contributed by atoms with E-state index in [4.69, 9.17) is 9.73 Å². The fourth-order valence-electron chi connectivity index (χ4n) is 4.19. The van der Waals surface area contributed by atoms with E-state index in [0.29, 0.717) is 0 Å².